The second kappa shape index (κ2) is 5.40. The van der Waals surface area contributed by atoms with Crippen LogP contribution >= 0.6 is 15.9 Å². The van der Waals surface area contributed by atoms with Gasteiger partial charge in [0.25, 0.3) is 0 Å². The lowest BCUT2D eigenvalue weighted by molar-refractivity contribution is 0.269. The maximum atomic E-state index is 10.2. The Labute approximate surface area is 111 Å². The predicted molar refractivity (Wildman–Crippen MR) is 72.6 cm³/mol. The Morgan fingerprint density at radius 3 is 2.71 bits per heavy atom. The van der Waals surface area contributed by atoms with Gasteiger partial charge in [0.1, 0.15) is 5.75 Å². The highest BCUT2D eigenvalue weighted by atomic mass is 79.9. The molecule has 0 spiro atoms. The average Bonchev–Trinajstić information content (AvgIpc) is 2.55. The van der Waals surface area contributed by atoms with Gasteiger partial charge in [0.15, 0.2) is 0 Å². The Kier molecular flexibility index (Phi) is 4.10. The largest absolute Gasteiger partial charge is 0.506 e. The quantitative estimate of drug-likeness (QED) is 0.820. The molecule has 0 aromatic heterocycles. The summed E-state index contributed by atoms with van der Waals surface area (Å²) in [5.41, 5.74) is 3.55. The molecule has 0 heterocycles. The number of aryl methyl sites for hydroxylation is 1. The van der Waals surface area contributed by atoms with E-state index in [1.165, 1.54) is 30.4 Å². The minimum Gasteiger partial charge on any atom is -0.506 e. The highest BCUT2D eigenvalue weighted by molar-refractivity contribution is 9.10. The van der Waals surface area contributed by atoms with Crippen LogP contribution in [0.5, 0.6) is 5.75 Å². The zero-order valence-electron chi connectivity index (χ0n) is 10.2. The number of phenols is 1. The van der Waals surface area contributed by atoms with Crippen LogP contribution in [0.1, 0.15) is 48.8 Å². The van der Waals surface area contributed by atoms with E-state index in [1.807, 2.05) is 13.0 Å². The maximum Gasteiger partial charge on any atom is 0.133 e. The van der Waals surface area contributed by atoms with Gasteiger partial charge in [-0.1, -0.05) is 13.3 Å². The molecule has 2 nitrogen and oxygen atoms in total. The molecule has 3 heteroatoms. The van der Waals surface area contributed by atoms with Crippen LogP contribution in [0.15, 0.2) is 10.5 Å². The van der Waals surface area contributed by atoms with Gasteiger partial charge in [-0.25, -0.2) is 0 Å². The smallest absolute Gasteiger partial charge is 0.133 e. The van der Waals surface area contributed by atoms with Crippen LogP contribution in [0.4, 0.5) is 0 Å². The van der Waals surface area contributed by atoms with E-state index in [0.29, 0.717) is 5.75 Å². The molecular weight excluding hydrogens is 280 g/mol. The fourth-order valence-corrected chi connectivity index (χ4v) is 3.18. The van der Waals surface area contributed by atoms with Crippen molar-refractivity contribution in [2.24, 2.45) is 0 Å². The molecule has 0 radical (unpaired) electrons. The summed E-state index contributed by atoms with van der Waals surface area (Å²) in [4.78, 5) is 0. The van der Waals surface area contributed by atoms with Gasteiger partial charge in [-0.2, -0.15) is 0 Å². The fraction of sp³-hybridized carbons (Fsp3) is 0.571. The monoisotopic (exact) mass is 298 g/mol. The number of aliphatic hydroxyl groups is 1. The first-order valence-corrected chi connectivity index (χ1v) is 7.08. The number of benzene rings is 1. The lowest BCUT2D eigenvalue weighted by Crippen LogP contribution is -2.07. The van der Waals surface area contributed by atoms with E-state index < -0.39 is 0 Å². The molecule has 1 aromatic rings. The van der Waals surface area contributed by atoms with Crippen LogP contribution < -0.4 is 0 Å². The highest BCUT2D eigenvalue weighted by Gasteiger charge is 2.21. The molecule has 94 valence electrons. The molecule has 17 heavy (non-hydrogen) atoms. The Balaban J connectivity index is 2.57. The molecule has 0 fully saturated rings. The van der Waals surface area contributed by atoms with Crippen molar-refractivity contribution in [3.8, 4) is 5.75 Å². The molecule has 1 aromatic carbocycles. The molecule has 1 unspecified atom stereocenters. The van der Waals surface area contributed by atoms with E-state index in [4.69, 9.17) is 0 Å². The van der Waals surface area contributed by atoms with Crippen molar-refractivity contribution in [1.29, 1.82) is 0 Å². The normalized spacial score (nSPS) is 17.4. The summed E-state index contributed by atoms with van der Waals surface area (Å²) in [5, 5.41) is 19.5. The second-order valence-electron chi connectivity index (χ2n) is 4.90. The van der Waals surface area contributed by atoms with Gasteiger partial charge in [-0.05, 0) is 58.8 Å². The minimum absolute atomic E-state index is 0.000602. The maximum absolute atomic E-state index is 10.2. The summed E-state index contributed by atoms with van der Waals surface area (Å²) in [7, 11) is 0. The van der Waals surface area contributed by atoms with E-state index in [-0.39, 0.29) is 12.5 Å². The van der Waals surface area contributed by atoms with Crippen molar-refractivity contribution in [2.45, 2.75) is 44.9 Å². The summed E-state index contributed by atoms with van der Waals surface area (Å²) in [5.74, 6) is 0.312. The third-order valence-electron chi connectivity index (χ3n) is 3.63. The van der Waals surface area contributed by atoms with Crippen LogP contribution in [0, 0.1) is 0 Å². The van der Waals surface area contributed by atoms with E-state index in [9.17, 15) is 10.2 Å². The Morgan fingerprint density at radius 1 is 1.29 bits per heavy atom. The van der Waals surface area contributed by atoms with Gasteiger partial charge in [0.05, 0.1) is 4.47 Å². The fourth-order valence-electron chi connectivity index (χ4n) is 2.69. The molecule has 0 amide bonds. The van der Waals surface area contributed by atoms with E-state index in [0.717, 1.165) is 22.9 Å². The summed E-state index contributed by atoms with van der Waals surface area (Å²) in [6.45, 7) is 2.04. The molecule has 1 aliphatic rings. The minimum atomic E-state index is -0.000602. The van der Waals surface area contributed by atoms with E-state index in [2.05, 4.69) is 15.9 Å². The molecule has 1 aliphatic carbocycles. The molecule has 0 aliphatic heterocycles. The van der Waals surface area contributed by atoms with Gasteiger partial charge in [0.2, 0.25) is 0 Å². The number of halogens is 1. The van der Waals surface area contributed by atoms with Crippen LogP contribution in [-0.2, 0) is 12.8 Å². The van der Waals surface area contributed by atoms with E-state index >= 15 is 0 Å². The molecule has 0 saturated heterocycles. The summed E-state index contributed by atoms with van der Waals surface area (Å²) >= 11 is 3.42. The van der Waals surface area contributed by atoms with Gasteiger partial charge >= 0.3 is 0 Å². The number of aromatic hydroxyl groups is 1. The Bertz CT molecular complexity index is 415. The molecule has 0 bridgehead atoms. The first-order chi connectivity index (χ1) is 8.15. The van der Waals surface area contributed by atoms with Crippen molar-refractivity contribution in [3.63, 3.8) is 0 Å². The lowest BCUT2D eigenvalue weighted by atomic mass is 9.89. The predicted octanol–water partition coefficient (Wildman–Crippen LogP) is 3.52. The zero-order chi connectivity index (χ0) is 12.4. The van der Waals surface area contributed by atoms with Crippen LogP contribution in [-0.4, -0.2) is 16.8 Å². The molecular formula is C14H19BrO2. The highest BCUT2D eigenvalue weighted by Crippen LogP contribution is 2.39. The van der Waals surface area contributed by atoms with Crippen molar-refractivity contribution >= 4 is 15.9 Å². The Morgan fingerprint density at radius 2 is 2.00 bits per heavy atom. The molecule has 2 rings (SSSR count). The average molecular weight is 299 g/mol. The topological polar surface area (TPSA) is 40.5 Å². The van der Waals surface area contributed by atoms with Crippen LogP contribution in [0.2, 0.25) is 0 Å². The molecule has 0 saturated carbocycles. The third kappa shape index (κ3) is 2.50. The van der Waals surface area contributed by atoms with Gasteiger partial charge in [-0.3, -0.25) is 0 Å². The first-order valence-electron chi connectivity index (χ1n) is 6.29. The zero-order valence-corrected chi connectivity index (χ0v) is 11.8. The van der Waals surface area contributed by atoms with Gasteiger partial charge < -0.3 is 10.2 Å². The summed E-state index contributed by atoms with van der Waals surface area (Å²) in [6, 6.07) is 2.05. The number of fused-ring (bicyclic) bond motifs is 1. The number of phenolic OH excluding ortho intramolecular Hbond substituents is 1. The molecule has 2 N–H and O–H groups in total. The summed E-state index contributed by atoms with van der Waals surface area (Å²) < 4.78 is 0.758. The van der Waals surface area contributed by atoms with Crippen molar-refractivity contribution < 1.29 is 10.2 Å². The summed E-state index contributed by atoms with van der Waals surface area (Å²) in [6.07, 6.45) is 5.76. The second-order valence-corrected chi connectivity index (χ2v) is 5.76. The van der Waals surface area contributed by atoms with E-state index in [1.54, 1.807) is 0 Å². The number of hydrogen-bond acceptors (Lipinski definition) is 2. The van der Waals surface area contributed by atoms with Crippen molar-refractivity contribution in [3.05, 3.63) is 27.2 Å². The standard InChI is InChI=1S/C14H19BrO2/c1-9(8-16)13-11-6-4-2-3-5-10(11)7-12(15)14(13)17/h7,9,16-17H,2-6,8H2,1H3. The SMILES string of the molecule is CC(CO)c1c(O)c(Br)cc2c1CCCCC2. The Hall–Kier alpha value is -0.540. The number of rotatable bonds is 2. The molecule has 1 atom stereocenters. The lowest BCUT2D eigenvalue weighted by Gasteiger charge is -2.19. The van der Waals surface area contributed by atoms with Crippen LogP contribution in [0.3, 0.4) is 0 Å². The van der Waals surface area contributed by atoms with Crippen molar-refractivity contribution in [2.75, 3.05) is 6.61 Å². The van der Waals surface area contributed by atoms with Crippen molar-refractivity contribution in [1.82, 2.24) is 0 Å². The third-order valence-corrected chi connectivity index (χ3v) is 4.24. The first kappa shape index (κ1) is 12.9. The van der Waals surface area contributed by atoms with Crippen LogP contribution in [0.25, 0.3) is 0 Å². The van der Waals surface area contributed by atoms with Gasteiger partial charge in [-0.15, -0.1) is 0 Å². The van der Waals surface area contributed by atoms with Gasteiger partial charge in [0, 0.05) is 18.1 Å². The number of aliphatic hydroxyl groups excluding tert-OH is 1. The number of hydrogen-bond donors (Lipinski definition) is 2.